The summed E-state index contributed by atoms with van der Waals surface area (Å²) in [5.41, 5.74) is 5.21. The predicted molar refractivity (Wildman–Crippen MR) is 77.0 cm³/mol. The second-order valence-corrected chi connectivity index (χ2v) is 6.58. The molecule has 1 aromatic rings. The van der Waals surface area contributed by atoms with Gasteiger partial charge in [-0.3, -0.25) is 0 Å². The van der Waals surface area contributed by atoms with E-state index in [0.29, 0.717) is 0 Å². The molecular formula is C12H17FN2O2S2. The lowest BCUT2D eigenvalue weighted by Gasteiger charge is -2.25. The third kappa shape index (κ3) is 3.10. The SMILES string of the molecule is CCN(C(C)C)S(=O)(=O)c1cccc(F)c1C(N)=S. The maximum absolute atomic E-state index is 13.7. The molecule has 7 heteroatoms. The smallest absolute Gasteiger partial charge is 0.244 e. The van der Waals surface area contributed by atoms with Gasteiger partial charge in [-0.05, 0) is 26.0 Å². The van der Waals surface area contributed by atoms with Gasteiger partial charge in [0.2, 0.25) is 10.0 Å². The Balaban J connectivity index is 3.54. The van der Waals surface area contributed by atoms with Crippen molar-refractivity contribution in [2.24, 2.45) is 5.73 Å². The van der Waals surface area contributed by atoms with E-state index >= 15 is 0 Å². The summed E-state index contributed by atoms with van der Waals surface area (Å²) in [6.07, 6.45) is 0. The zero-order chi connectivity index (χ0) is 14.8. The van der Waals surface area contributed by atoms with Gasteiger partial charge in [0.25, 0.3) is 0 Å². The lowest BCUT2D eigenvalue weighted by atomic mass is 10.2. The van der Waals surface area contributed by atoms with Crippen molar-refractivity contribution in [2.75, 3.05) is 6.54 Å². The Kier molecular flexibility index (Phi) is 5.00. The zero-order valence-electron chi connectivity index (χ0n) is 11.1. The van der Waals surface area contributed by atoms with Crippen molar-refractivity contribution in [3.8, 4) is 0 Å². The van der Waals surface area contributed by atoms with E-state index in [2.05, 4.69) is 0 Å². The van der Waals surface area contributed by atoms with Crippen molar-refractivity contribution in [2.45, 2.75) is 31.7 Å². The van der Waals surface area contributed by atoms with Crippen molar-refractivity contribution in [3.63, 3.8) is 0 Å². The van der Waals surface area contributed by atoms with Gasteiger partial charge in [-0.2, -0.15) is 4.31 Å². The minimum absolute atomic E-state index is 0.185. The Morgan fingerprint density at radius 2 is 2.05 bits per heavy atom. The van der Waals surface area contributed by atoms with E-state index in [-0.39, 0.29) is 28.0 Å². The monoisotopic (exact) mass is 304 g/mol. The Bertz CT molecular complexity index is 585. The van der Waals surface area contributed by atoms with Crippen LogP contribution >= 0.6 is 12.2 Å². The molecule has 1 rings (SSSR count). The Labute approximate surface area is 118 Å². The van der Waals surface area contributed by atoms with E-state index in [9.17, 15) is 12.8 Å². The Morgan fingerprint density at radius 3 is 2.47 bits per heavy atom. The van der Waals surface area contributed by atoms with Crippen LogP contribution in [0.15, 0.2) is 23.1 Å². The molecule has 2 N–H and O–H groups in total. The highest BCUT2D eigenvalue weighted by Crippen LogP contribution is 2.24. The van der Waals surface area contributed by atoms with Gasteiger partial charge in [0.05, 0.1) is 10.5 Å². The Morgan fingerprint density at radius 1 is 1.47 bits per heavy atom. The molecule has 4 nitrogen and oxygen atoms in total. The number of thiocarbonyl (C=S) groups is 1. The highest BCUT2D eigenvalue weighted by atomic mass is 32.2. The predicted octanol–water partition coefficient (Wildman–Crippen LogP) is 1.88. The van der Waals surface area contributed by atoms with Crippen molar-refractivity contribution in [3.05, 3.63) is 29.6 Å². The minimum atomic E-state index is -3.82. The van der Waals surface area contributed by atoms with E-state index in [0.717, 1.165) is 6.07 Å². The molecule has 1 aromatic carbocycles. The summed E-state index contributed by atoms with van der Waals surface area (Å²) in [5.74, 6) is -0.728. The summed E-state index contributed by atoms with van der Waals surface area (Å²) in [6.45, 7) is 5.51. The number of hydrogen-bond donors (Lipinski definition) is 1. The molecule has 0 aliphatic heterocycles. The fraction of sp³-hybridized carbons (Fsp3) is 0.417. The number of nitrogens with zero attached hydrogens (tertiary/aromatic N) is 1. The highest BCUT2D eigenvalue weighted by Gasteiger charge is 2.29. The summed E-state index contributed by atoms with van der Waals surface area (Å²) in [5, 5.41) is 0. The van der Waals surface area contributed by atoms with Crippen LogP contribution in [-0.2, 0) is 10.0 Å². The van der Waals surface area contributed by atoms with Crippen LogP contribution in [0.5, 0.6) is 0 Å². The third-order valence-corrected chi connectivity index (χ3v) is 5.09. The van der Waals surface area contributed by atoms with Gasteiger partial charge in [0.15, 0.2) is 0 Å². The van der Waals surface area contributed by atoms with E-state index in [1.54, 1.807) is 20.8 Å². The first-order chi connectivity index (χ1) is 8.73. The van der Waals surface area contributed by atoms with Crippen LogP contribution in [0, 0.1) is 5.82 Å². The lowest BCUT2D eigenvalue weighted by molar-refractivity contribution is 0.369. The quantitative estimate of drug-likeness (QED) is 0.844. The molecule has 0 aliphatic carbocycles. The number of hydrogen-bond acceptors (Lipinski definition) is 3. The first-order valence-corrected chi connectivity index (χ1v) is 7.68. The first kappa shape index (κ1) is 16.0. The molecule has 0 bridgehead atoms. The molecule has 0 fully saturated rings. The van der Waals surface area contributed by atoms with Crippen molar-refractivity contribution in [1.82, 2.24) is 4.31 Å². The average Bonchev–Trinajstić information content (AvgIpc) is 2.27. The van der Waals surface area contributed by atoms with Gasteiger partial charge in [-0.1, -0.05) is 25.2 Å². The van der Waals surface area contributed by atoms with Crippen molar-refractivity contribution in [1.29, 1.82) is 0 Å². The lowest BCUT2D eigenvalue weighted by Crippen LogP contribution is -2.37. The third-order valence-electron chi connectivity index (χ3n) is 2.70. The van der Waals surface area contributed by atoms with Gasteiger partial charge >= 0.3 is 0 Å². The highest BCUT2D eigenvalue weighted by molar-refractivity contribution is 7.89. The van der Waals surface area contributed by atoms with Crippen LogP contribution in [0.25, 0.3) is 0 Å². The van der Waals surface area contributed by atoms with E-state index in [1.165, 1.54) is 16.4 Å². The zero-order valence-corrected chi connectivity index (χ0v) is 12.7. The molecule has 0 spiro atoms. The maximum atomic E-state index is 13.7. The van der Waals surface area contributed by atoms with E-state index in [4.69, 9.17) is 18.0 Å². The molecule has 0 atom stereocenters. The van der Waals surface area contributed by atoms with Crippen LogP contribution in [0.4, 0.5) is 4.39 Å². The Hall–Kier alpha value is -1.05. The normalized spacial score (nSPS) is 12.1. The van der Waals surface area contributed by atoms with Gasteiger partial charge < -0.3 is 5.73 Å². The van der Waals surface area contributed by atoms with Gasteiger partial charge in [0.1, 0.15) is 10.8 Å². The summed E-state index contributed by atoms with van der Waals surface area (Å²) < 4.78 is 40.1. The van der Waals surface area contributed by atoms with Crippen molar-refractivity contribution >= 4 is 27.2 Å². The molecular weight excluding hydrogens is 287 g/mol. The van der Waals surface area contributed by atoms with E-state index in [1.807, 2.05) is 0 Å². The van der Waals surface area contributed by atoms with Crippen LogP contribution in [0.2, 0.25) is 0 Å². The van der Waals surface area contributed by atoms with E-state index < -0.39 is 15.8 Å². The molecule has 106 valence electrons. The molecule has 0 amide bonds. The molecule has 0 heterocycles. The number of benzene rings is 1. The molecule has 0 saturated heterocycles. The fourth-order valence-corrected chi connectivity index (χ4v) is 4.03. The van der Waals surface area contributed by atoms with Crippen LogP contribution in [0.1, 0.15) is 26.3 Å². The topological polar surface area (TPSA) is 63.4 Å². The van der Waals surface area contributed by atoms with Crippen LogP contribution in [-0.4, -0.2) is 30.3 Å². The molecule has 0 aromatic heterocycles. The summed E-state index contributed by atoms with van der Waals surface area (Å²) in [4.78, 5) is -0.452. The molecule has 0 aliphatic rings. The number of rotatable bonds is 5. The second-order valence-electron chi connectivity index (χ2n) is 4.28. The average molecular weight is 304 g/mol. The molecule has 0 radical (unpaired) electrons. The molecule has 19 heavy (non-hydrogen) atoms. The summed E-state index contributed by atoms with van der Waals surface area (Å²) in [7, 11) is -3.82. The largest absolute Gasteiger partial charge is 0.389 e. The maximum Gasteiger partial charge on any atom is 0.244 e. The number of sulfonamides is 1. The summed E-state index contributed by atoms with van der Waals surface area (Å²) >= 11 is 4.75. The first-order valence-electron chi connectivity index (χ1n) is 5.83. The van der Waals surface area contributed by atoms with Gasteiger partial charge in [-0.15, -0.1) is 0 Å². The molecule has 0 saturated carbocycles. The second kappa shape index (κ2) is 5.94. The van der Waals surface area contributed by atoms with Crippen molar-refractivity contribution < 1.29 is 12.8 Å². The fourth-order valence-electron chi connectivity index (χ4n) is 1.90. The minimum Gasteiger partial charge on any atom is -0.389 e. The summed E-state index contributed by atoms with van der Waals surface area (Å²) in [6, 6.07) is 3.55. The standard InChI is InChI=1S/C12H17FN2O2S2/c1-4-15(8(2)3)19(16,17)10-7-5-6-9(13)11(10)12(14)18/h5-8H,4H2,1-3H3,(H2,14,18). The number of halogens is 1. The van der Waals surface area contributed by atoms with Gasteiger partial charge in [-0.25, -0.2) is 12.8 Å². The van der Waals surface area contributed by atoms with Crippen LogP contribution in [0.3, 0.4) is 0 Å². The molecule has 0 unspecified atom stereocenters. The number of nitrogens with two attached hydrogens (primary N) is 1. The van der Waals surface area contributed by atoms with Gasteiger partial charge in [0, 0.05) is 12.6 Å². The van der Waals surface area contributed by atoms with Crippen LogP contribution < -0.4 is 5.73 Å².